The SMILES string of the molecule is Cc1ccc2c(c1)Cc1nc(Cc3cccc(F)c3)nc(NCCCN3CCCCC3)c1-2.O=C=O. The summed E-state index contributed by atoms with van der Waals surface area (Å²) >= 11 is 0. The van der Waals surface area contributed by atoms with Crippen LogP contribution < -0.4 is 5.32 Å². The molecule has 5 rings (SSSR count). The van der Waals surface area contributed by atoms with E-state index in [1.165, 1.54) is 55.1 Å². The summed E-state index contributed by atoms with van der Waals surface area (Å²) in [6.07, 6.45) is 6.73. The Balaban J connectivity index is 0.000000917. The average Bonchev–Trinajstić information content (AvgIpc) is 3.20. The highest BCUT2D eigenvalue weighted by atomic mass is 19.1. The maximum absolute atomic E-state index is 13.7. The number of hydrogen-bond acceptors (Lipinski definition) is 6. The van der Waals surface area contributed by atoms with Gasteiger partial charge in [-0.2, -0.15) is 9.59 Å². The molecule has 0 radical (unpaired) electrons. The van der Waals surface area contributed by atoms with E-state index in [1.807, 2.05) is 6.07 Å². The van der Waals surface area contributed by atoms with Crippen molar-refractivity contribution in [2.75, 3.05) is 31.5 Å². The molecule has 2 aliphatic rings. The Kier molecular flexibility index (Phi) is 8.35. The lowest BCUT2D eigenvalue weighted by Gasteiger charge is -2.26. The van der Waals surface area contributed by atoms with Crippen LogP contribution in [0.15, 0.2) is 42.5 Å². The molecule has 1 N–H and O–H groups in total. The number of halogens is 1. The summed E-state index contributed by atoms with van der Waals surface area (Å²) in [6, 6.07) is 13.3. The first-order valence-electron chi connectivity index (χ1n) is 12.3. The second-order valence-corrected chi connectivity index (χ2v) is 9.22. The van der Waals surface area contributed by atoms with Crippen molar-refractivity contribution >= 4 is 12.0 Å². The highest BCUT2D eigenvalue weighted by Gasteiger charge is 2.25. The number of aryl methyl sites for hydroxylation is 1. The fourth-order valence-corrected chi connectivity index (χ4v) is 4.99. The Morgan fingerprint density at radius 1 is 1.06 bits per heavy atom. The second kappa shape index (κ2) is 11.8. The number of likely N-dealkylation sites (tertiary alicyclic amines) is 1. The molecule has 0 spiro atoms. The van der Waals surface area contributed by atoms with Crippen LogP contribution in [0.1, 0.15) is 53.9 Å². The molecule has 1 aromatic heterocycles. The van der Waals surface area contributed by atoms with E-state index in [0.717, 1.165) is 54.4 Å². The molecular weight excluding hydrogens is 443 g/mol. The van der Waals surface area contributed by atoms with Crippen LogP contribution in [-0.2, 0) is 22.4 Å². The van der Waals surface area contributed by atoms with Crippen molar-refractivity contribution in [1.82, 2.24) is 14.9 Å². The van der Waals surface area contributed by atoms with Crippen molar-refractivity contribution < 1.29 is 14.0 Å². The number of rotatable bonds is 7. The average molecular weight is 475 g/mol. The monoisotopic (exact) mass is 474 g/mol. The molecule has 0 saturated carbocycles. The summed E-state index contributed by atoms with van der Waals surface area (Å²) in [5, 5.41) is 3.63. The molecule has 6 nitrogen and oxygen atoms in total. The third-order valence-corrected chi connectivity index (χ3v) is 6.56. The Hall–Kier alpha value is -3.41. The smallest absolute Gasteiger partial charge is 0.369 e. The van der Waals surface area contributed by atoms with E-state index in [0.29, 0.717) is 6.42 Å². The van der Waals surface area contributed by atoms with E-state index < -0.39 is 0 Å². The normalized spacial score (nSPS) is 14.3. The molecular formula is C28H31FN4O2. The van der Waals surface area contributed by atoms with E-state index in [2.05, 4.69) is 35.3 Å². The van der Waals surface area contributed by atoms with Crippen LogP contribution in [-0.4, -0.2) is 47.2 Å². The fourth-order valence-electron chi connectivity index (χ4n) is 4.99. The zero-order chi connectivity index (χ0) is 24.6. The van der Waals surface area contributed by atoms with Crippen molar-refractivity contribution in [1.29, 1.82) is 0 Å². The van der Waals surface area contributed by atoms with Gasteiger partial charge in [0.15, 0.2) is 0 Å². The first-order chi connectivity index (χ1) is 17.1. The van der Waals surface area contributed by atoms with Crippen LogP contribution in [0.5, 0.6) is 0 Å². The Morgan fingerprint density at radius 2 is 1.86 bits per heavy atom. The topological polar surface area (TPSA) is 75.2 Å². The van der Waals surface area contributed by atoms with Crippen molar-refractivity contribution in [3.63, 3.8) is 0 Å². The largest absolute Gasteiger partial charge is 0.373 e. The summed E-state index contributed by atoms with van der Waals surface area (Å²) in [5.74, 6) is 1.45. The third kappa shape index (κ3) is 6.38. The minimum absolute atomic E-state index is 0.220. The maximum atomic E-state index is 13.7. The van der Waals surface area contributed by atoms with Gasteiger partial charge in [0.2, 0.25) is 0 Å². The first-order valence-corrected chi connectivity index (χ1v) is 12.3. The zero-order valence-corrected chi connectivity index (χ0v) is 20.1. The molecule has 0 unspecified atom stereocenters. The summed E-state index contributed by atoms with van der Waals surface area (Å²) in [4.78, 5) is 28.6. The molecule has 0 bridgehead atoms. The Morgan fingerprint density at radius 3 is 2.63 bits per heavy atom. The van der Waals surface area contributed by atoms with Gasteiger partial charge in [0.1, 0.15) is 17.5 Å². The summed E-state index contributed by atoms with van der Waals surface area (Å²) in [6.45, 7) is 6.61. The van der Waals surface area contributed by atoms with Crippen molar-refractivity contribution in [2.24, 2.45) is 0 Å². The van der Waals surface area contributed by atoms with Gasteiger partial charge in [0.25, 0.3) is 0 Å². The standard InChI is InChI=1S/C27H31FN4.CO2/c1-19-9-10-23-21(15-19)18-24-26(23)27(29-11-6-14-32-12-3-2-4-13-32)31-25(30-24)17-20-7-5-8-22(28)16-20;2-1-3/h5,7-10,15-16H,2-4,6,11-14,17-18H2,1H3,(H,29,30,31);. The van der Waals surface area contributed by atoms with Gasteiger partial charge in [-0.1, -0.05) is 42.3 Å². The minimum Gasteiger partial charge on any atom is -0.369 e. The number of benzene rings is 2. The number of piperidine rings is 1. The second-order valence-electron chi connectivity index (χ2n) is 9.22. The van der Waals surface area contributed by atoms with E-state index >= 15 is 0 Å². The van der Waals surface area contributed by atoms with E-state index in [9.17, 15) is 4.39 Å². The lowest BCUT2D eigenvalue weighted by molar-refractivity contribution is -0.191. The minimum atomic E-state index is -0.220. The predicted molar refractivity (Wildman–Crippen MR) is 133 cm³/mol. The number of carbonyl (C=O) groups excluding carboxylic acids is 2. The van der Waals surface area contributed by atoms with Crippen LogP contribution in [0.4, 0.5) is 10.2 Å². The molecule has 1 aliphatic carbocycles. The van der Waals surface area contributed by atoms with Crippen molar-refractivity contribution in [3.05, 3.63) is 76.5 Å². The van der Waals surface area contributed by atoms with Gasteiger partial charge in [-0.05, 0) is 74.6 Å². The number of fused-ring (bicyclic) bond motifs is 3. The molecule has 3 aromatic rings. The van der Waals surface area contributed by atoms with Crippen LogP contribution >= 0.6 is 0 Å². The zero-order valence-electron chi connectivity index (χ0n) is 20.1. The molecule has 0 atom stereocenters. The number of aromatic nitrogens is 2. The molecule has 35 heavy (non-hydrogen) atoms. The fraction of sp³-hybridized carbons (Fsp3) is 0.393. The highest BCUT2D eigenvalue weighted by molar-refractivity contribution is 5.84. The molecule has 1 saturated heterocycles. The Labute approximate surface area is 205 Å². The van der Waals surface area contributed by atoms with E-state index in [1.54, 1.807) is 12.1 Å². The van der Waals surface area contributed by atoms with Gasteiger partial charge in [0, 0.05) is 24.9 Å². The highest BCUT2D eigenvalue weighted by Crippen LogP contribution is 2.40. The molecule has 182 valence electrons. The first kappa shape index (κ1) is 24.7. The van der Waals surface area contributed by atoms with Crippen LogP contribution in [0, 0.1) is 12.7 Å². The number of nitrogens with zero attached hydrogens (tertiary/aromatic N) is 3. The molecule has 7 heteroatoms. The molecule has 1 fully saturated rings. The quantitative estimate of drug-likeness (QED) is 0.388. The van der Waals surface area contributed by atoms with Crippen molar-refractivity contribution in [3.8, 4) is 11.1 Å². The third-order valence-electron chi connectivity index (χ3n) is 6.56. The summed E-state index contributed by atoms with van der Waals surface area (Å²) in [7, 11) is 0. The lowest BCUT2D eigenvalue weighted by atomic mass is 10.0. The van der Waals surface area contributed by atoms with E-state index in [-0.39, 0.29) is 12.0 Å². The molecule has 2 aromatic carbocycles. The Bertz CT molecular complexity index is 1200. The van der Waals surface area contributed by atoms with E-state index in [4.69, 9.17) is 19.6 Å². The van der Waals surface area contributed by atoms with Gasteiger partial charge >= 0.3 is 6.15 Å². The molecule has 1 aliphatic heterocycles. The number of hydrogen-bond donors (Lipinski definition) is 1. The number of anilines is 1. The van der Waals surface area contributed by atoms with Crippen molar-refractivity contribution in [2.45, 2.75) is 45.4 Å². The van der Waals surface area contributed by atoms with Crippen LogP contribution in [0.25, 0.3) is 11.1 Å². The van der Waals surface area contributed by atoms with Gasteiger partial charge in [-0.25, -0.2) is 14.4 Å². The summed E-state index contributed by atoms with van der Waals surface area (Å²) in [5.41, 5.74) is 6.93. The molecule has 0 amide bonds. The lowest BCUT2D eigenvalue weighted by Crippen LogP contribution is -2.31. The van der Waals surface area contributed by atoms with Gasteiger partial charge in [-0.3, -0.25) is 0 Å². The van der Waals surface area contributed by atoms with Gasteiger partial charge in [0.05, 0.1) is 5.69 Å². The van der Waals surface area contributed by atoms with Gasteiger partial charge in [-0.15, -0.1) is 0 Å². The van der Waals surface area contributed by atoms with Gasteiger partial charge < -0.3 is 10.2 Å². The maximum Gasteiger partial charge on any atom is 0.373 e. The van der Waals surface area contributed by atoms with Crippen LogP contribution in [0.2, 0.25) is 0 Å². The van der Waals surface area contributed by atoms with Crippen LogP contribution in [0.3, 0.4) is 0 Å². The summed E-state index contributed by atoms with van der Waals surface area (Å²) < 4.78 is 13.7. The predicted octanol–water partition coefficient (Wildman–Crippen LogP) is 4.79. The molecule has 2 heterocycles. The number of nitrogens with one attached hydrogen (secondary N) is 1.